The van der Waals surface area contributed by atoms with Gasteiger partial charge in [0.2, 0.25) is 0 Å². The lowest BCUT2D eigenvalue weighted by atomic mass is 10.2. The van der Waals surface area contributed by atoms with Gasteiger partial charge in [-0.05, 0) is 36.8 Å². The highest BCUT2D eigenvalue weighted by molar-refractivity contribution is 9.10. The fourth-order valence-electron chi connectivity index (χ4n) is 1.79. The van der Waals surface area contributed by atoms with Crippen molar-refractivity contribution in [2.75, 3.05) is 0 Å². The molecule has 0 aromatic heterocycles. The molecule has 1 N–H and O–H groups in total. The van der Waals surface area contributed by atoms with Crippen LogP contribution in [-0.2, 0) is 6.54 Å². The summed E-state index contributed by atoms with van der Waals surface area (Å²) in [5, 5.41) is 3.41. The van der Waals surface area contributed by atoms with Crippen LogP contribution in [0.4, 0.5) is 0 Å². The maximum absolute atomic E-state index is 5.84. The Bertz CT molecular complexity index is 564. The Hall–Kier alpha value is -1.32. The molecule has 0 fully saturated rings. The third kappa shape index (κ3) is 4.36. The van der Waals surface area contributed by atoms with Crippen LogP contribution in [0.5, 0.6) is 11.5 Å². The molecule has 0 atom stereocenters. The van der Waals surface area contributed by atoms with Crippen molar-refractivity contribution in [1.29, 1.82) is 0 Å². The first-order valence-electron chi connectivity index (χ1n) is 6.81. The summed E-state index contributed by atoms with van der Waals surface area (Å²) in [7, 11) is 0. The van der Waals surface area contributed by atoms with Gasteiger partial charge in [0, 0.05) is 17.1 Å². The highest BCUT2D eigenvalue weighted by atomic mass is 79.9. The first kappa shape index (κ1) is 15.1. The predicted molar refractivity (Wildman–Crippen MR) is 87.4 cm³/mol. The average Bonchev–Trinajstić information content (AvgIpc) is 2.40. The van der Waals surface area contributed by atoms with Gasteiger partial charge in [0.05, 0.1) is 0 Å². The minimum absolute atomic E-state index is 0.477. The Labute approximate surface area is 129 Å². The molecule has 3 heteroatoms. The maximum atomic E-state index is 5.84. The van der Waals surface area contributed by atoms with Gasteiger partial charge < -0.3 is 10.1 Å². The molecule has 0 bridgehead atoms. The second-order valence-electron chi connectivity index (χ2n) is 5.20. The zero-order chi connectivity index (χ0) is 14.5. The standard InChI is InChI=1S/C17H20BrNO/c1-12(2)19-11-14-6-9-16(10-17(14)18)20-15-7-4-13(3)5-8-15/h4-10,12,19H,11H2,1-3H3. The Morgan fingerprint density at radius 2 is 1.70 bits per heavy atom. The summed E-state index contributed by atoms with van der Waals surface area (Å²) in [6.07, 6.45) is 0. The first-order valence-corrected chi connectivity index (χ1v) is 7.60. The van der Waals surface area contributed by atoms with Crippen molar-refractivity contribution in [3.8, 4) is 11.5 Å². The smallest absolute Gasteiger partial charge is 0.128 e. The molecule has 106 valence electrons. The van der Waals surface area contributed by atoms with Gasteiger partial charge in [0.15, 0.2) is 0 Å². The van der Waals surface area contributed by atoms with Crippen molar-refractivity contribution in [2.45, 2.75) is 33.4 Å². The molecule has 0 spiro atoms. The van der Waals surface area contributed by atoms with E-state index in [4.69, 9.17) is 4.74 Å². The van der Waals surface area contributed by atoms with E-state index in [1.54, 1.807) is 0 Å². The van der Waals surface area contributed by atoms with Crippen LogP contribution in [0.1, 0.15) is 25.0 Å². The zero-order valence-electron chi connectivity index (χ0n) is 12.1. The summed E-state index contributed by atoms with van der Waals surface area (Å²) >= 11 is 3.60. The van der Waals surface area contributed by atoms with Crippen molar-refractivity contribution in [2.24, 2.45) is 0 Å². The molecule has 0 aliphatic carbocycles. The van der Waals surface area contributed by atoms with Gasteiger partial charge >= 0.3 is 0 Å². The molecule has 0 aliphatic heterocycles. The molecular formula is C17H20BrNO. The number of hydrogen-bond acceptors (Lipinski definition) is 2. The number of hydrogen-bond donors (Lipinski definition) is 1. The largest absolute Gasteiger partial charge is 0.457 e. The predicted octanol–water partition coefficient (Wildman–Crippen LogP) is 5.05. The molecule has 0 amide bonds. The molecule has 2 aromatic carbocycles. The van der Waals surface area contributed by atoms with Crippen LogP contribution < -0.4 is 10.1 Å². The molecule has 20 heavy (non-hydrogen) atoms. The highest BCUT2D eigenvalue weighted by Crippen LogP contribution is 2.27. The zero-order valence-corrected chi connectivity index (χ0v) is 13.7. The van der Waals surface area contributed by atoms with Crippen LogP contribution >= 0.6 is 15.9 Å². The van der Waals surface area contributed by atoms with Crippen molar-refractivity contribution < 1.29 is 4.74 Å². The average molecular weight is 334 g/mol. The van der Waals surface area contributed by atoms with E-state index < -0.39 is 0 Å². The number of benzene rings is 2. The molecule has 0 heterocycles. The van der Waals surface area contributed by atoms with Crippen LogP contribution in [-0.4, -0.2) is 6.04 Å². The van der Waals surface area contributed by atoms with Crippen LogP contribution in [0.3, 0.4) is 0 Å². The van der Waals surface area contributed by atoms with Crippen LogP contribution in [0.25, 0.3) is 0 Å². The van der Waals surface area contributed by atoms with Gasteiger partial charge in [0.25, 0.3) is 0 Å². The summed E-state index contributed by atoms with van der Waals surface area (Å²) in [6.45, 7) is 7.20. The Morgan fingerprint density at radius 3 is 2.30 bits per heavy atom. The summed E-state index contributed by atoms with van der Waals surface area (Å²) in [6, 6.07) is 14.6. The van der Waals surface area contributed by atoms with E-state index in [0.29, 0.717) is 6.04 Å². The van der Waals surface area contributed by atoms with Gasteiger partial charge in [-0.25, -0.2) is 0 Å². The minimum atomic E-state index is 0.477. The summed E-state index contributed by atoms with van der Waals surface area (Å²) in [4.78, 5) is 0. The lowest BCUT2D eigenvalue weighted by molar-refractivity contribution is 0.481. The number of ether oxygens (including phenoxy) is 1. The minimum Gasteiger partial charge on any atom is -0.457 e. The lowest BCUT2D eigenvalue weighted by Crippen LogP contribution is -2.21. The molecule has 0 unspecified atom stereocenters. The van der Waals surface area contributed by atoms with Crippen LogP contribution in [0.15, 0.2) is 46.9 Å². The molecule has 0 aliphatic rings. The monoisotopic (exact) mass is 333 g/mol. The summed E-state index contributed by atoms with van der Waals surface area (Å²) < 4.78 is 6.91. The highest BCUT2D eigenvalue weighted by Gasteiger charge is 2.04. The number of aryl methyl sites for hydroxylation is 1. The Kier molecular flexibility index (Phi) is 5.21. The summed E-state index contributed by atoms with van der Waals surface area (Å²) in [5.41, 5.74) is 2.46. The first-order chi connectivity index (χ1) is 9.54. The van der Waals surface area contributed by atoms with E-state index in [2.05, 4.69) is 48.1 Å². The van der Waals surface area contributed by atoms with Crippen LogP contribution in [0.2, 0.25) is 0 Å². The second-order valence-corrected chi connectivity index (χ2v) is 6.06. The summed E-state index contributed by atoms with van der Waals surface area (Å²) in [5.74, 6) is 1.70. The molecule has 2 nitrogen and oxygen atoms in total. The van der Waals surface area contributed by atoms with E-state index in [0.717, 1.165) is 22.5 Å². The molecule has 0 saturated carbocycles. The topological polar surface area (TPSA) is 21.3 Å². The van der Waals surface area contributed by atoms with E-state index in [1.165, 1.54) is 11.1 Å². The van der Waals surface area contributed by atoms with E-state index in [1.807, 2.05) is 36.4 Å². The number of nitrogens with one attached hydrogen (secondary N) is 1. The van der Waals surface area contributed by atoms with Crippen molar-refractivity contribution in [3.05, 3.63) is 58.1 Å². The molecule has 0 radical (unpaired) electrons. The fraction of sp³-hybridized carbons (Fsp3) is 0.294. The molecule has 2 aromatic rings. The van der Waals surface area contributed by atoms with E-state index in [9.17, 15) is 0 Å². The number of rotatable bonds is 5. The SMILES string of the molecule is Cc1ccc(Oc2ccc(CNC(C)C)c(Br)c2)cc1. The molecule has 0 saturated heterocycles. The van der Waals surface area contributed by atoms with Gasteiger partial charge in [-0.3, -0.25) is 0 Å². The Morgan fingerprint density at radius 1 is 1.05 bits per heavy atom. The lowest BCUT2D eigenvalue weighted by Gasteiger charge is -2.11. The third-order valence-electron chi connectivity index (χ3n) is 2.98. The van der Waals surface area contributed by atoms with E-state index >= 15 is 0 Å². The Balaban J connectivity index is 2.06. The fourth-order valence-corrected chi connectivity index (χ4v) is 2.29. The van der Waals surface area contributed by atoms with Gasteiger partial charge in [0.1, 0.15) is 11.5 Å². The van der Waals surface area contributed by atoms with E-state index in [-0.39, 0.29) is 0 Å². The van der Waals surface area contributed by atoms with Gasteiger partial charge in [-0.15, -0.1) is 0 Å². The van der Waals surface area contributed by atoms with Gasteiger partial charge in [-0.2, -0.15) is 0 Å². The quantitative estimate of drug-likeness (QED) is 0.826. The second kappa shape index (κ2) is 6.91. The molecular weight excluding hydrogens is 314 g/mol. The normalized spacial score (nSPS) is 10.8. The van der Waals surface area contributed by atoms with Crippen molar-refractivity contribution >= 4 is 15.9 Å². The third-order valence-corrected chi connectivity index (χ3v) is 3.72. The van der Waals surface area contributed by atoms with Crippen molar-refractivity contribution in [1.82, 2.24) is 5.32 Å². The van der Waals surface area contributed by atoms with Crippen molar-refractivity contribution in [3.63, 3.8) is 0 Å². The van der Waals surface area contributed by atoms with Crippen LogP contribution in [0, 0.1) is 6.92 Å². The molecule has 2 rings (SSSR count). The maximum Gasteiger partial charge on any atom is 0.128 e. The number of halogens is 1. The van der Waals surface area contributed by atoms with Gasteiger partial charge in [-0.1, -0.05) is 53.5 Å².